The molecule has 2 fully saturated rings. The van der Waals surface area contributed by atoms with Gasteiger partial charge in [-0.25, -0.2) is 0 Å². The summed E-state index contributed by atoms with van der Waals surface area (Å²) in [6, 6.07) is 6.70. The highest BCUT2D eigenvalue weighted by Crippen LogP contribution is 2.36. The van der Waals surface area contributed by atoms with Crippen molar-refractivity contribution < 1.29 is 9.72 Å². The van der Waals surface area contributed by atoms with Crippen molar-refractivity contribution in [3.63, 3.8) is 0 Å². The molecule has 6 nitrogen and oxygen atoms in total. The third-order valence-corrected chi connectivity index (χ3v) is 4.68. The zero-order valence-electron chi connectivity index (χ0n) is 12.0. The van der Waals surface area contributed by atoms with Crippen molar-refractivity contribution in [1.82, 2.24) is 10.2 Å². The zero-order chi connectivity index (χ0) is 15.0. The lowest BCUT2D eigenvalue weighted by molar-refractivity contribution is -0.385. The lowest BCUT2D eigenvalue weighted by Gasteiger charge is -2.39. The van der Waals surface area contributed by atoms with Gasteiger partial charge in [0.2, 0.25) is 5.91 Å². The van der Waals surface area contributed by atoms with Crippen LogP contribution in [0.15, 0.2) is 24.3 Å². The summed E-state index contributed by atoms with van der Waals surface area (Å²) >= 11 is 0. The largest absolute Gasteiger partial charge is 0.319 e. The third kappa shape index (κ3) is 2.51. The van der Waals surface area contributed by atoms with Gasteiger partial charge in [0.1, 0.15) is 6.17 Å². The van der Waals surface area contributed by atoms with Crippen LogP contribution >= 0.6 is 0 Å². The van der Waals surface area contributed by atoms with E-state index in [1.165, 1.54) is 12.5 Å². The molecule has 1 saturated carbocycles. The molecule has 2 aliphatic rings. The van der Waals surface area contributed by atoms with Gasteiger partial charge < -0.3 is 4.90 Å². The fraction of sp³-hybridized carbons (Fsp3) is 0.533. The third-order valence-electron chi connectivity index (χ3n) is 4.68. The number of hydrogen-bond acceptors (Lipinski definition) is 4. The number of nitro groups is 1. The van der Waals surface area contributed by atoms with Gasteiger partial charge >= 0.3 is 0 Å². The summed E-state index contributed by atoms with van der Waals surface area (Å²) in [6.45, 7) is 2.38. The molecule has 1 heterocycles. The van der Waals surface area contributed by atoms with Crippen molar-refractivity contribution >= 4 is 11.6 Å². The van der Waals surface area contributed by atoms with Crippen LogP contribution in [0.25, 0.3) is 0 Å². The fourth-order valence-electron chi connectivity index (χ4n) is 3.22. The Labute approximate surface area is 123 Å². The summed E-state index contributed by atoms with van der Waals surface area (Å²) in [5, 5.41) is 14.1. The molecule has 6 heteroatoms. The maximum atomic E-state index is 12.2. The molecular weight excluding hydrogens is 270 g/mol. The second kappa shape index (κ2) is 5.44. The molecule has 1 N–H and O–H groups in total. The van der Waals surface area contributed by atoms with Crippen LogP contribution in [0.4, 0.5) is 5.69 Å². The highest BCUT2D eigenvalue weighted by Gasteiger charge is 2.39. The molecule has 0 bridgehead atoms. The average Bonchev–Trinajstić information content (AvgIpc) is 2.78. The number of benzene rings is 1. The number of carbonyl (C=O) groups is 1. The molecule has 1 aliphatic carbocycles. The van der Waals surface area contributed by atoms with E-state index >= 15 is 0 Å². The van der Waals surface area contributed by atoms with E-state index in [9.17, 15) is 14.9 Å². The first-order valence-corrected chi connectivity index (χ1v) is 7.37. The molecule has 112 valence electrons. The quantitative estimate of drug-likeness (QED) is 0.681. The maximum Gasteiger partial charge on any atom is 0.269 e. The molecule has 1 saturated heterocycles. The molecule has 1 aromatic carbocycles. The normalized spacial score (nSPS) is 24.0. The Balaban J connectivity index is 1.87. The smallest absolute Gasteiger partial charge is 0.269 e. The molecule has 0 radical (unpaired) electrons. The molecule has 3 rings (SSSR count). The molecule has 0 spiro atoms. The van der Waals surface area contributed by atoms with Gasteiger partial charge in [0.05, 0.1) is 11.5 Å². The van der Waals surface area contributed by atoms with E-state index in [0.717, 1.165) is 18.4 Å². The van der Waals surface area contributed by atoms with Gasteiger partial charge in [-0.3, -0.25) is 20.2 Å². The molecule has 2 unspecified atom stereocenters. The van der Waals surface area contributed by atoms with Crippen LogP contribution in [0.5, 0.6) is 0 Å². The van der Waals surface area contributed by atoms with Crippen LogP contribution in [-0.2, 0) is 4.79 Å². The SMILES string of the molecule is CC(C1CCC1)N1C(=O)CNC1c1cccc([N+](=O)[O-])c1. The lowest BCUT2D eigenvalue weighted by atomic mass is 9.79. The van der Waals surface area contributed by atoms with E-state index < -0.39 is 4.92 Å². The molecule has 1 aliphatic heterocycles. The summed E-state index contributed by atoms with van der Waals surface area (Å²) in [6.07, 6.45) is 3.29. The van der Waals surface area contributed by atoms with Crippen LogP contribution in [-0.4, -0.2) is 28.3 Å². The number of carbonyl (C=O) groups excluding carboxylic acids is 1. The number of non-ortho nitro benzene ring substituents is 1. The maximum absolute atomic E-state index is 12.2. The Morgan fingerprint density at radius 2 is 2.19 bits per heavy atom. The molecular formula is C15H19N3O3. The highest BCUT2D eigenvalue weighted by atomic mass is 16.6. The minimum Gasteiger partial charge on any atom is -0.319 e. The van der Waals surface area contributed by atoms with Crippen molar-refractivity contribution in [1.29, 1.82) is 0 Å². The first-order chi connectivity index (χ1) is 10.1. The summed E-state index contributed by atoms with van der Waals surface area (Å²) in [5.41, 5.74) is 0.839. The van der Waals surface area contributed by atoms with Crippen LogP contribution < -0.4 is 5.32 Å². The Morgan fingerprint density at radius 3 is 2.81 bits per heavy atom. The monoisotopic (exact) mass is 289 g/mol. The first kappa shape index (κ1) is 14.0. The van der Waals surface area contributed by atoms with E-state index in [2.05, 4.69) is 12.2 Å². The highest BCUT2D eigenvalue weighted by molar-refractivity contribution is 5.81. The van der Waals surface area contributed by atoms with E-state index in [0.29, 0.717) is 12.5 Å². The van der Waals surface area contributed by atoms with Gasteiger partial charge in [0.25, 0.3) is 5.69 Å². The Morgan fingerprint density at radius 1 is 1.43 bits per heavy atom. The van der Waals surface area contributed by atoms with E-state index in [1.807, 2.05) is 11.0 Å². The van der Waals surface area contributed by atoms with Crippen LogP contribution in [0.1, 0.15) is 37.9 Å². The second-order valence-electron chi connectivity index (χ2n) is 5.87. The molecule has 0 aromatic heterocycles. The number of hydrogen-bond donors (Lipinski definition) is 1. The molecule has 21 heavy (non-hydrogen) atoms. The van der Waals surface area contributed by atoms with E-state index in [-0.39, 0.29) is 23.8 Å². The number of nitro benzene ring substituents is 1. The Hall–Kier alpha value is -1.95. The average molecular weight is 289 g/mol. The lowest BCUT2D eigenvalue weighted by Crippen LogP contribution is -2.44. The van der Waals surface area contributed by atoms with Gasteiger partial charge in [-0.15, -0.1) is 0 Å². The number of amides is 1. The van der Waals surface area contributed by atoms with Gasteiger partial charge in [-0.05, 0) is 31.2 Å². The van der Waals surface area contributed by atoms with Crippen molar-refractivity contribution in [2.75, 3.05) is 6.54 Å². The van der Waals surface area contributed by atoms with Crippen molar-refractivity contribution in [2.24, 2.45) is 5.92 Å². The number of nitrogens with one attached hydrogen (secondary N) is 1. The molecule has 1 amide bonds. The fourth-order valence-corrected chi connectivity index (χ4v) is 3.22. The predicted octanol–water partition coefficient (Wildman–Crippen LogP) is 2.21. The van der Waals surface area contributed by atoms with E-state index in [1.54, 1.807) is 12.1 Å². The van der Waals surface area contributed by atoms with Gasteiger partial charge in [-0.2, -0.15) is 0 Å². The summed E-state index contributed by atoms with van der Waals surface area (Å²) in [4.78, 5) is 24.6. The summed E-state index contributed by atoms with van der Waals surface area (Å²) in [7, 11) is 0. The van der Waals surface area contributed by atoms with Gasteiger partial charge in [0, 0.05) is 18.2 Å². The first-order valence-electron chi connectivity index (χ1n) is 7.37. The minimum atomic E-state index is -0.403. The topological polar surface area (TPSA) is 75.5 Å². The van der Waals surface area contributed by atoms with Crippen LogP contribution in [0, 0.1) is 16.0 Å². The standard InChI is InChI=1S/C15H19N3O3/c1-10(11-4-2-5-11)17-14(19)9-16-15(17)12-6-3-7-13(8-12)18(20)21/h3,6-8,10-11,15-16H,2,4-5,9H2,1H3. The van der Waals surface area contributed by atoms with E-state index in [4.69, 9.17) is 0 Å². The van der Waals surface area contributed by atoms with Gasteiger partial charge in [0.15, 0.2) is 0 Å². The second-order valence-corrected chi connectivity index (χ2v) is 5.87. The summed E-state index contributed by atoms with van der Waals surface area (Å²) in [5.74, 6) is 0.626. The predicted molar refractivity (Wildman–Crippen MR) is 77.5 cm³/mol. The molecule has 2 atom stereocenters. The number of rotatable bonds is 4. The van der Waals surface area contributed by atoms with Crippen LogP contribution in [0.3, 0.4) is 0 Å². The zero-order valence-corrected chi connectivity index (χ0v) is 12.0. The van der Waals surface area contributed by atoms with Gasteiger partial charge in [-0.1, -0.05) is 18.6 Å². The van der Waals surface area contributed by atoms with Crippen molar-refractivity contribution in [3.05, 3.63) is 39.9 Å². The van der Waals surface area contributed by atoms with Crippen molar-refractivity contribution in [2.45, 2.75) is 38.4 Å². The molecule has 1 aromatic rings. The Bertz CT molecular complexity index is 571. The number of nitrogens with zero attached hydrogens (tertiary/aromatic N) is 2. The minimum absolute atomic E-state index is 0.0601. The summed E-state index contributed by atoms with van der Waals surface area (Å²) < 4.78 is 0. The van der Waals surface area contributed by atoms with Crippen LogP contribution in [0.2, 0.25) is 0 Å². The van der Waals surface area contributed by atoms with Crippen molar-refractivity contribution in [3.8, 4) is 0 Å². The Kier molecular flexibility index (Phi) is 3.63.